The summed E-state index contributed by atoms with van der Waals surface area (Å²) in [7, 11) is -1.64. The molecule has 0 heterocycles. The average molecular weight is 215 g/mol. The van der Waals surface area contributed by atoms with E-state index in [1.165, 1.54) is 0 Å². The molecule has 0 N–H and O–H groups in total. The Morgan fingerprint density at radius 1 is 1.43 bits per heavy atom. The lowest BCUT2D eigenvalue weighted by Gasteiger charge is -2.28. The molecular formula is C10H21NO2Si. The molecule has 0 aromatic rings. The van der Waals surface area contributed by atoms with E-state index in [-0.39, 0.29) is 12.1 Å². The zero-order chi connectivity index (χ0) is 11.2. The van der Waals surface area contributed by atoms with E-state index in [0.29, 0.717) is 0 Å². The summed E-state index contributed by atoms with van der Waals surface area (Å²) in [6.45, 7) is 10.5. The van der Waals surface area contributed by atoms with Gasteiger partial charge in [-0.1, -0.05) is 27.2 Å². The molecule has 0 aliphatic carbocycles. The molecule has 0 aromatic heterocycles. The lowest BCUT2D eigenvalue weighted by Crippen LogP contribution is -2.36. The van der Waals surface area contributed by atoms with Crippen molar-refractivity contribution in [3.05, 3.63) is 0 Å². The molecule has 0 aromatic carbocycles. The first-order valence-electron chi connectivity index (χ1n) is 5.17. The molecule has 0 amide bonds. The summed E-state index contributed by atoms with van der Waals surface area (Å²) in [5.74, 6) is 0.236. The number of rotatable bonds is 6. The van der Waals surface area contributed by atoms with Crippen LogP contribution in [0.25, 0.3) is 0 Å². The normalized spacial score (nSPS) is 13.9. The Hall–Kier alpha value is -0.443. The Morgan fingerprint density at radius 2 is 2.00 bits per heavy atom. The summed E-state index contributed by atoms with van der Waals surface area (Å²) >= 11 is 0. The Labute approximate surface area is 87.7 Å². The van der Waals surface area contributed by atoms with Crippen molar-refractivity contribution in [2.75, 3.05) is 0 Å². The average Bonchev–Trinajstić information content (AvgIpc) is 2.02. The quantitative estimate of drug-likeness (QED) is 0.388. The highest BCUT2D eigenvalue weighted by Gasteiger charge is 2.27. The van der Waals surface area contributed by atoms with Crippen molar-refractivity contribution in [3.8, 4) is 0 Å². The van der Waals surface area contributed by atoms with Crippen LogP contribution in [0.3, 0.4) is 0 Å². The van der Waals surface area contributed by atoms with Crippen LogP contribution in [0.5, 0.6) is 0 Å². The van der Waals surface area contributed by atoms with Crippen LogP contribution in [-0.2, 0) is 9.22 Å². The Bertz CT molecular complexity index is 210. The zero-order valence-electron chi connectivity index (χ0n) is 9.83. The number of hydrogen-bond acceptors (Lipinski definition) is 3. The molecule has 0 aliphatic rings. The summed E-state index contributed by atoms with van der Waals surface area (Å²) in [4.78, 5) is 13.9. The van der Waals surface area contributed by atoms with Crippen molar-refractivity contribution in [1.82, 2.24) is 0 Å². The third-order valence-corrected chi connectivity index (χ3v) is 4.63. The van der Waals surface area contributed by atoms with Crippen LogP contribution >= 0.6 is 0 Å². The minimum atomic E-state index is -1.64. The van der Waals surface area contributed by atoms with Crippen LogP contribution in [0.4, 0.5) is 0 Å². The van der Waals surface area contributed by atoms with Crippen LogP contribution in [0.1, 0.15) is 27.2 Å². The second kappa shape index (κ2) is 6.12. The maximum atomic E-state index is 10.2. The molecule has 0 saturated carbocycles. The molecule has 0 spiro atoms. The predicted molar refractivity (Wildman–Crippen MR) is 60.4 cm³/mol. The van der Waals surface area contributed by atoms with Crippen molar-refractivity contribution < 1.29 is 9.22 Å². The van der Waals surface area contributed by atoms with E-state index >= 15 is 0 Å². The fraction of sp³-hybridized carbons (Fsp3) is 0.900. The van der Waals surface area contributed by atoms with Gasteiger partial charge in [-0.15, -0.1) is 0 Å². The van der Waals surface area contributed by atoms with Crippen molar-refractivity contribution in [1.29, 1.82) is 0 Å². The maximum Gasteiger partial charge on any atom is 0.237 e. The molecular weight excluding hydrogens is 194 g/mol. The minimum Gasteiger partial charge on any atom is -0.395 e. The van der Waals surface area contributed by atoms with Gasteiger partial charge in [0.25, 0.3) is 0 Å². The highest BCUT2D eigenvalue weighted by atomic mass is 28.4. The Kier molecular flexibility index (Phi) is 5.92. The summed E-state index contributed by atoms with van der Waals surface area (Å²) in [6, 6.07) is 1.10. The number of hydrogen-bond donors (Lipinski definition) is 0. The van der Waals surface area contributed by atoms with Gasteiger partial charge in [0.2, 0.25) is 6.08 Å². The summed E-state index contributed by atoms with van der Waals surface area (Å²) in [5.41, 5.74) is 0. The lowest BCUT2D eigenvalue weighted by atomic mass is 10.2. The molecule has 0 bridgehead atoms. The summed E-state index contributed by atoms with van der Waals surface area (Å²) in [5, 5.41) is 0. The number of carbonyl (C=O) groups excluding carboxylic acids is 1. The number of isocyanates is 1. The van der Waals surface area contributed by atoms with Crippen LogP contribution < -0.4 is 0 Å². The molecule has 1 atom stereocenters. The molecule has 0 radical (unpaired) electrons. The van der Waals surface area contributed by atoms with Gasteiger partial charge in [0.05, 0.1) is 0 Å². The fourth-order valence-electron chi connectivity index (χ4n) is 1.35. The van der Waals surface area contributed by atoms with Gasteiger partial charge in [0.1, 0.15) is 0 Å². The van der Waals surface area contributed by atoms with Crippen LogP contribution in [-0.4, -0.2) is 20.6 Å². The second-order valence-corrected chi connectivity index (χ2v) is 8.74. The van der Waals surface area contributed by atoms with E-state index < -0.39 is 8.32 Å². The number of nitrogens with zero attached hydrogens (tertiary/aromatic N) is 1. The van der Waals surface area contributed by atoms with E-state index in [4.69, 9.17) is 4.43 Å². The highest BCUT2D eigenvalue weighted by molar-refractivity contribution is 6.71. The molecule has 14 heavy (non-hydrogen) atoms. The van der Waals surface area contributed by atoms with E-state index in [9.17, 15) is 4.79 Å². The van der Waals surface area contributed by atoms with Crippen molar-refractivity contribution in [2.45, 2.75) is 52.6 Å². The monoisotopic (exact) mass is 215 g/mol. The molecule has 1 unspecified atom stereocenters. The largest absolute Gasteiger partial charge is 0.395 e. The van der Waals surface area contributed by atoms with Gasteiger partial charge in [-0.05, 0) is 25.1 Å². The van der Waals surface area contributed by atoms with Crippen molar-refractivity contribution in [3.63, 3.8) is 0 Å². The molecule has 4 heteroatoms. The first kappa shape index (κ1) is 13.6. The smallest absolute Gasteiger partial charge is 0.237 e. The van der Waals surface area contributed by atoms with E-state index in [2.05, 4.69) is 25.0 Å². The first-order valence-corrected chi connectivity index (χ1v) is 8.29. The zero-order valence-corrected chi connectivity index (χ0v) is 10.8. The van der Waals surface area contributed by atoms with E-state index in [1.807, 2.05) is 13.8 Å². The predicted octanol–water partition coefficient (Wildman–Crippen LogP) is 2.94. The van der Waals surface area contributed by atoms with Gasteiger partial charge in [-0.2, -0.15) is 4.99 Å². The standard InChI is InChI=1S/C10H21NO2Si/c1-6-7-14(4,5)13-10(9(2)3)11-8-12/h9-10H,6-7H2,1-5H3. The third kappa shape index (κ3) is 5.32. The third-order valence-electron chi connectivity index (χ3n) is 2.04. The lowest BCUT2D eigenvalue weighted by molar-refractivity contribution is 0.150. The first-order chi connectivity index (χ1) is 6.43. The molecule has 0 rings (SSSR count). The van der Waals surface area contributed by atoms with E-state index in [1.54, 1.807) is 6.08 Å². The van der Waals surface area contributed by atoms with Crippen molar-refractivity contribution in [2.24, 2.45) is 10.9 Å². The molecule has 0 aliphatic heterocycles. The Balaban J connectivity index is 4.35. The maximum absolute atomic E-state index is 10.2. The SMILES string of the molecule is CCC[Si](C)(C)OC(N=C=O)C(C)C. The molecule has 82 valence electrons. The molecule has 0 saturated heterocycles. The molecule has 3 nitrogen and oxygen atoms in total. The Morgan fingerprint density at radius 3 is 2.36 bits per heavy atom. The summed E-state index contributed by atoms with van der Waals surface area (Å²) < 4.78 is 5.89. The van der Waals surface area contributed by atoms with Crippen molar-refractivity contribution >= 4 is 14.4 Å². The van der Waals surface area contributed by atoms with Gasteiger partial charge >= 0.3 is 0 Å². The summed E-state index contributed by atoms with van der Waals surface area (Å²) in [6.07, 6.45) is 2.40. The van der Waals surface area contributed by atoms with Gasteiger partial charge in [-0.25, -0.2) is 4.79 Å². The van der Waals surface area contributed by atoms with Gasteiger partial charge in [0.15, 0.2) is 14.5 Å². The highest BCUT2D eigenvalue weighted by Crippen LogP contribution is 2.19. The van der Waals surface area contributed by atoms with Crippen LogP contribution in [0.15, 0.2) is 4.99 Å². The number of aliphatic imine (C=N–C) groups is 1. The van der Waals surface area contributed by atoms with Crippen LogP contribution in [0, 0.1) is 5.92 Å². The van der Waals surface area contributed by atoms with Crippen LogP contribution in [0.2, 0.25) is 19.1 Å². The minimum absolute atomic E-state index is 0.236. The van der Waals surface area contributed by atoms with Gasteiger partial charge in [-0.3, -0.25) is 0 Å². The van der Waals surface area contributed by atoms with Gasteiger partial charge in [0, 0.05) is 0 Å². The fourth-order valence-corrected chi connectivity index (χ4v) is 3.65. The van der Waals surface area contributed by atoms with E-state index in [0.717, 1.165) is 12.5 Å². The second-order valence-electron chi connectivity index (χ2n) is 4.48. The molecule has 0 fully saturated rings. The topological polar surface area (TPSA) is 38.7 Å². The van der Waals surface area contributed by atoms with Gasteiger partial charge < -0.3 is 4.43 Å².